The van der Waals surface area contributed by atoms with E-state index < -0.39 is 0 Å². The fourth-order valence-electron chi connectivity index (χ4n) is 3.71. The number of hydrogen-bond acceptors (Lipinski definition) is 5. The second-order valence-electron chi connectivity index (χ2n) is 7.14. The maximum atomic E-state index is 12.8. The highest BCUT2D eigenvalue weighted by Crippen LogP contribution is 2.25. The van der Waals surface area contributed by atoms with Crippen molar-refractivity contribution in [3.05, 3.63) is 59.2 Å². The van der Waals surface area contributed by atoms with Crippen LogP contribution in [0.1, 0.15) is 40.0 Å². The van der Waals surface area contributed by atoms with Crippen molar-refractivity contribution in [2.75, 3.05) is 26.7 Å². The summed E-state index contributed by atoms with van der Waals surface area (Å²) in [4.78, 5) is 21.3. The van der Waals surface area contributed by atoms with Crippen LogP contribution < -0.4 is 0 Å². The van der Waals surface area contributed by atoms with Crippen LogP contribution in [-0.4, -0.2) is 54.5 Å². The molecule has 1 aliphatic heterocycles. The first-order valence-corrected chi connectivity index (χ1v) is 10.5. The standard InChI is InChI=1S/C23H31N3O3/c1-5-25(6-2)19-12-8-17(9-13-19)16-21-22(27)26(7-3)23(29-21)24-18-10-14-20(28-4)15-11-18/h8-10,12,14,16,19H,5-7,11,13,15H2,1-4H3/b21-16+,24-23?. The molecule has 1 heterocycles. The van der Waals surface area contributed by atoms with Crippen molar-refractivity contribution in [2.24, 2.45) is 4.99 Å². The van der Waals surface area contributed by atoms with E-state index in [-0.39, 0.29) is 5.91 Å². The summed E-state index contributed by atoms with van der Waals surface area (Å²) < 4.78 is 11.1. The highest BCUT2D eigenvalue weighted by molar-refractivity contribution is 6.09. The van der Waals surface area contributed by atoms with Gasteiger partial charge < -0.3 is 9.47 Å². The number of likely N-dealkylation sites (N-methyl/N-ethyl adjacent to an activating group) is 2. The SMILES string of the molecule is CCN1C(=O)/C(=C\C2=CCC(N(CC)CC)C=C2)OC1=NC1=CC=C(OC)CC1. The summed E-state index contributed by atoms with van der Waals surface area (Å²) in [5.74, 6) is 1.12. The largest absolute Gasteiger partial charge is 0.501 e. The van der Waals surface area contributed by atoms with Crippen LogP contribution in [0.2, 0.25) is 0 Å². The number of carbonyl (C=O) groups is 1. The van der Waals surface area contributed by atoms with E-state index in [4.69, 9.17) is 9.47 Å². The number of methoxy groups -OCH3 is 1. The summed E-state index contributed by atoms with van der Waals surface area (Å²) in [6.45, 7) is 8.85. The van der Waals surface area contributed by atoms with Crippen LogP contribution in [0.3, 0.4) is 0 Å². The van der Waals surface area contributed by atoms with Crippen molar-refractivity contribution >= 4 is 11.9 Å². The predicted octanol–water partition coefficient (Wildman–Crippen LogP) is 3.91. The van der Waals surface area contributed by atoms with Gasteiger partial charge in [0, 0.05) is 24.7 Å². The van der Waals surface area contributed by atoms with Crippen LogP contribution in [0.25, 0.3) is 0 Å². The number of amides is 1. The van der Waals surface area contributed by atoms with Crippen LogP contribution in [-0.2, 0) is 14.3 Å². The molecule has 1 unspecified atom stereocenters. The highest BCUT2D eigenvalue weighted by atomic mass is 16.5. The molecule has 3 aliphatic rings. The van der Waals surface area contributed by atoms with E-state index in [1.54, 1.807) is 12.0 Å². The van der Waals surface area contributed by atoms with E-state index in [1.165, 1.54) is 0 Å². The van der Waals surface area contributed by atoms with Crippen LogP contribution in [0.4, 0.5) is 0 Å². The van der Waals surface area contributed by atoms with Gasteiger partial charge in [0.2, 0.25) is 0 Å². The van der Waals surface area contributed by atoms with Gasteiger partial charge in [-0.2, -0.15) is 0 Å². The number of carbonyl (C=O) groups excluding carboxylic acids is 1. The Morgan fingerprint density at radius 1 is 1.28 bits per heavy atom. The molecule has 0 aromatic heterocycles. The van der Waals surface area contributed by atoms with E-state index in [0.717, 1.165) is 49.4 Å². The number of rotatable bonds is 7. The molecule has 29 heavy (non-hydrogen) atoms. The van der Waals surface area contributed by atoms with Gasteiger partial charge in [-0.3, -0.25) is 14.6 Å². The Kier molecular flexibility index (Phi) is 7.09. The van der Waals surface area contributed by atoms with E-state index in [1.807, 2.05) is 25.2 Å². The molecule has 0 saturated carbocycles. The maximum absolute atomic E-state index is 12.8. The molecule has 3 rings (SSSR count). The topological polar surface area (TPSA) is 54.4 Å². The molecule has 0 aromatic carbocycles. The highest BCUT2D eigenvalue weighted by Gasteiger charge is 2.34. The number of aliphatic imine (C=N–C) groups is 1. The zero-order valence-corrected chi connectivity index (χ0v) is 17.9. The van der Waals surface area contributed by atoms with Crippen molar-refractivity contribution < 1.29 is 14.3 Å². The molecule has 0 spiro atoms. The monoisotopic (exact) mass is 397 g/mol. The van der Waals surface area contributed by atoms with Crippen LogP contribution in [0.15, 0.2) is 64.2 Å². The van der Waals surface area contributed by atoms with Crippen molar-refractivity contribution in [3.63, 3.8) is 0 Å². The molecule has 1 atom stereocenters. The van der Waals surface area contributed by atoms with Crippen molar-refractivity contribution in [1.29, 1.82) is 0 Å². The lowest BCUT2D eigenvalue weighted by molar-refractivity contribution is -0.122. The van der Waals surface area contributed by atoms with Gasteiger partial charge in [-0.1, -0.05) is 32.1 Å². The van der Waals surface area contributed by atoms with E-state index >= 15 is 0 Å². The third kappa shape index (κ3) is 4.88. The van der Waals surface area contributed by atoms with Gasteiger partial charge in [0.25, 0.3) is 5.91 Å². The fourth-order valence-corrected chi connectivity index (χ4v) is 3.71. The third-order valence-corrected chi connectivity index (χ3v) is 5.48. The first kappa shape index (κ1) is 21.1. The molecule has 0 aromatic rings. The lowest BCUT2D eigenvalue weighted by Crippen LogP contribution is -2.33. The maximum Gasteiger partial charge on any atom is 0.305 e. The van der Waals surface area contributed by atoms with Crippen LogP contribution >= 0.6 is 0 Å². The summed E-state index contributed by atoms with van der Waals surface area (Å²) in [7, 11) is 1.67. The molecule has 1 amide bonds. The van der Waals surface area contributed by atoms with E-state index in [2.05, 4.69) is 42.0 Å². The van der Waals surface area contributed by atoms with Gasteiger partial charge in [0.1, 0.15) is 0 Å². The first-order chi connectivity index (χ1) is 14.1. The minimum Gasteiger partial charge on any atom is -0.501 e. The average Bonchev–Trinajstić information content (AvgIpc) is 3.04. The number of nitrogens with zero attached hydrogens (tertiary/aromatic N) is 3. The second-order valence-corrected chi connectivity index (χ2v) is 7.14. The molecular formula is C23H31N3O3. The summed E-state index contributed by atoms with van der Waals surface area (Å²) in [6.07, 6.45) is 14.6. The minimum absolute atomic E-state index is 0.143. The Labute approximate surface area is 173 Å². The Morgan fingerprint density at radius 2 is 2.07 bits per heavy atom. The summed E-state index contributed by atoms with van der Waals surface area (Å²) >= 11 is 0. The Hall–Kier alpha value is -2.60. The van der Waals surface area contributed by atoms with Gasteiger partial charge in [-0.05, 0) is 56.7 Å². The molecular weight excluding hydrogens is 366 g/mol. The third-order valence-electron chi connectivity index (χ3n) is 5.48. The normalized spacial score (nSPS) is 24.7. The molecule has 0 bridgehead atoms. The number of amidine groups is 1. The number of allylic oxidation sites excluding steroid dienone is 7. The average molecular weight is 398 g/mol. The number of hydrogen-bond donors (Lipinski definition) is 0. The molecule has 6 heteroatoms. The van der Waals surface area contributed by atoms with Gasteiger partial charge in [0.05, 0.1) is 12.9 Å². The molecule has 1 saturated heterocycles. The van der Waals surface area contributed by atoms with Gasteiger partial charge in [-0.25, -0.2) is 4.99 Å². The molecule has 0 radical (unpaired) electrons. The summed E-state index contributed by atoms with van der Waals surface area (Å²) in [5, 5.41) is 0. The Bertz CT molecular complexity index is 813. The van der Waals surface area contributed by atoms with Gasteiger partial charge >= 0.3 is 6.02 Å². The molecule has 1 fully saturated rings. The molecule has 0 N–H and O–H groups in total. The molecule has 2 aliphatic carbocycles. The first-order valence-electron chi connectivity index (χ1n) is 10.5. The zero-order chi connectivity index (χ0) is 20.8. The summed E-state index contributed by atoms with van der Waals surface area (Å²) in [6, 6.07) is 0.769. The minimum atomic E-state index is -0.143. The van der Waals surface area contributed by atoms with E-state index in [9.17, 15) is 4.79 Å². The lowest BCUT2D eigenvalue weighted by atomic mass is 10.0. The Balaban J connectivity index is 1.74. The van der Waals surface area contributed by atoms with Crippen LogP contribution in [0.5, 0.6) is 0 Å². The zero-order valence-electron chi connectivity index (χ0n) is 17.9. The Morgan fingerprint density at radius 3 is 2.62 bits per heavy atom. The second kappa shape index (κ2) is 9.74. The van der Waals surface area contributed by atoms with Crippen molar-refractivity contribution in [2.45, 2.75) is 46.1 Å². The fraction of sp³-hybridized carbons (Fsp3) is 0.478. The van der Waals surface area contributed by atoms with E-state index in [0.29, 0.717) is 24.4 Å². The molecule has 156 valence electrons. The number of ether oxygens (including phenoxy) is 2. The van der Waals surface area contributed by atoms with Gasteiger partial charge in [-0.15, -0.1) is 0 Å². The van der Waals surface area contributed by atoms with Crippen molar-refractivity contribution in [1.82, 2.24) is 9.80 Å². The smallest absolute Gasteiger partial charge is 0.305 e. The quantitative estimate of drug-likeness (QED) is 0.611. The van der Waals surface area contributed by atoms with Crippen molar-refractivity contribution in [3.8, 4) is 0 Å². The molecule has 6 nitrogen and oxygen atoms in total. The van der Waals surface area contributed by atoms with Crippen LogP contribution in [0, 0.1) is 0 Å². The predicted molar refractivity (Wildman–Crippen MR) is 115 cm³/mol. The lowest BCUT2D eigenvalue weighted by Gasteiger charge is -2.28. The summed E-state index contributed by atoms with van der Waals surface area (Å²) in [5.41, 5.74) is 1.88. The van der Waals surface area contributed by atoms with Gasteiger partial charge in [0.15, 0.2) is 5.76 Å².